The second kappa shape index (κ2) is 21.5. The number of hydrogen-bond donors (Lipinski definition) is 7. The maximum Gasteiger partial charge on any atom is 0.297 e. The molecule has 0 fully saturated rings. The van der Waals surface area contributed by atoms with Crippen molar-refractivity contribution in [2.24, 2.45) is 30.7 Å². The van der Waals surface area contributed by atoms with Gasteiger partial charge in [-0.25, -0.2) is 20.5 Å². The Morgan fingerprint density at radius 3 is 2.18 bits per heavy atom. The first-order valence-corrected chi connectivity index (χ1v) is 26.9. The summed E-state index contributed by atoms with van der Waals surface area (Å²) in [5.74, 6) is -2.11. The molecule has 0 saturated heterocycles. The summed E-state index contributed by atoms with van der Waals surface area (Å²) < 4.78 is 120. The zero-order chi connectivity index (χ0) is 53.3. The number of pyridine rings is 1. The number of fused-ring (bicyclic) bond motifs is 5. The van der Waals surface area contributed by atoms with E-state index >= 15 is 0 Å². The Hall–Kier alpha value is -6.92. The number of azo groups is 3. The van der Waals surface area contributed by atoms with E-state index in [1.165, 1.54) is 35.6 Å². The van der Waals surface area contributed by atoms with Gasteiger partial charge in [0.25, 0.3) is 30.4 Å². The molecule has 3 aromatic heterocycles. The van der Waals surface area contributed by atoms with Crippen molar-refractivity contribution in [3.05, 3.63) is 83.4 Å². The summed E-state index contributed by atoms with van der Waals surface area (Å²) in [6.45, 7) is 2.67. The van der Waals surface area contributed by atoms with Crippen molar-refractivity contribution in [1.29, 1.82) is 5.26 Å². The predicted octanol–water partition coefficient (Wildman–Crippen LogP) is 10.4. The minimum absolute atomic E-state index is 0.0220. The number of aryl methyl sites for hydroxylation is 1. The SMILES string of the molecule is Cc1cc(N=Nc2c(SOOO)cc3c(S(=O)(=O)O)c(N=Nc4c(C)c(C#N)c5nc6ccccc6n5c4O)ccc3c2O)c(OCCCS(=O)(=O)O)cc1N=Nc1nc2c(S(=O)(=O)O)cc(SOOO)cc2s1. The highest BCUT2D eigenvalue weighted by molar-refractivity contribution is 7.95. The monoisotopic (exact) mass is 1130 g/mol. The third-order valence-electron chi connectivity index (χ3n) is 10.3. The molecule has 34 heteroatoms. The van der Waals surface area contributed by atoms with E-state index in [4.69, 9.17) is 15.3 Å². The lowest BCUT2D eigenvalue weighted by atomic mass is 10.1. The van der Waals surface area contributed by atoms with Crippen molar-refractivity contribution in [1.82, 2.24) is 14.4 Å². The highest BCUT2D eigenvalue weighted by atomic mass is 32.2. The number of nitrogens with zero attached hydrogens (tertiary/aromatic N) is 10. The van der Waals surface area contributed by atoms with E-state index in [1.807, 2.05) is 6.07 Å². The maximum atomic E-state index is 13.2. The molecule has 0 radical (unpaired) electrons. The number of nitriles is 1. The summed E-state index contributed by atoms with van der Waals surface area (Å²) in [6.07, 6.45) is -0.223. The number of ether oxygens (including phenoxy) is 1. The van der Waals surface area contributed by atoms with Gasteiger partial charge in [-0.1, -0.05) is 33.5 Å². The van der Waals surface area contributed by atoms with Crippen molar-refractivity contribution in [2.45, 2.75) is 39.9 Å². The quantitative estimate of drug-likeness (QED) is 0.00987. The van der Waals surface area contributed by atoms with E-state index in [0.717, 1.165) is 29.5 Å². The standard InChI is InChI=1S/C40H30N10O18S6/c1-18-12-27(29(64-10-5-11-72(55,56)57)16-26(18)45-49-40-43-34-30(69-40)13-20(70-67-65-53)14-32(34)73(58,59)60)46-48-35-31(71-68-66-54)15-22-21(36(35)51)8-9-25(37(22)74(61,62)63)44-47-33-19(2)23(17-41)38-42-24-6-3-4-7-28(24)50(38)39(33)52/h3-4,6-9,12-16,51-54H,5,10-11H2,1-2H3,(H,55,56,57)(H,58,59,60)(H,61,62,63). The van der Waals surface area contributed by atoms with Gasteiger partial charge in [0, 0.05) is 27.3 Å². The van der Waals surface area contributed by atoms with Crippen molar-refractivity contribution >= 4 is 137 Å². The number of rotatable bonds is 19. The molecule has 5 aromatic carbocycles. The molecule has 0 atom stereocenters. The van der Waals surface area contributed by atoms with Gasteiger partial charge in [0.2, 0.25) is 11.0 Å². The summed E-state index contributed by atoms with van der Waals surface area (Å²) in [6, 6.07) is 17.1. The van der Waals surface area contributed by atoms with Crippen LogP contribution in [0.25, 0.3) is 37.7 Å². The van der Waals surface area contributed by atoms with Crippen LogP contribution in [0.1, 0.15) is 23.1 Å². The molecule has 0 aliphatic heterocycles. The zero-order valence-corrected chi connectivity index (χ0v) is 41.9. The molecule has 8 aromatic rings. The first-order chi connectivity index (χ1) is 35.1. The van der Waals surface area contributed by atoms with E-state index < -0.39 is 74.3 Å². The number of phenols is 1. The Morgan fingerprint density at radius 2 is 1.47 bits per heavy atom. The Balaban J connectivity index is 1.20. The van der Waals surface area contributed by atoms with Crippen molar-refractivity contribution in [3.63, 3.8) is 0 Å². The van der Waals surface area contributed by atoms with Gasteiger partial charge in [-0.2, -0.15) is 30.5 Å². The molecule has 28 nitrogen and oxygen atoms in total. The third-order valence-corrected chi connectivity index (χ3v) is 15.0. The van der Waals surface area contributed by atoms with Crippen LogP contribution in [0.4, 0.5) is 33.6 Å². The zero-order valence-electron chi connectivity index (χ0n) is 37.0. The van der Waals surface area contributed by atoms with E-state index in [-0.39, 0.29) is 95.2 Å². The summed E-state index contributed by atoms with van der Waals surface area (Å²) in [5.41, 5.74) is 0.0391. The first-order valence-electron chi connectivity index (χ1n) is 20.1. The number of para-hydroxylation sites is 2. The van der Waals surface area contributed by atoms with Crippen molar-refractivity contribution in [2.75, 3.05) is 12.4 Å². The van der Waals surface area contributed by atoms with Gasteiger partial charge in [-0.05, 0) is 74.4 Å². The van der Waals surface area contributed by atoms with Crippen LogP contribution in [0.3, 0.4) is 0 Å². The Morgan fingerprint density at radius 1 is 0.770 bits per heavy atom. The minimum atomic E-state index is -5.27. The topological polar surface area (TPSA) is 418 Å². The van der Waals surface area contributed by atoms with Crippen LogP contribution in [0.15, 0.2) is 117 Å². The van der Waals surface area contributed by atoms with Gasteiger partial charge in [0.1, 0.15) is 49.8 Å². The third kappa shape index (κ3) is 11.3. The highest BCUT2D eigenvalue weighted by Crippen LogP contribution is 2.49. The van der Waals surface area contributed by atoms with Crippen LogP contribution in [0.5, 0.6) is 17.4 Å². The molecule has 0 aliphatic carbocycles. The summed E-state index contributed by atoms with van der Waals surface area (Å²) in [4.78, 5) is 6.86. The molecule has 0 aliphatic rings. The van der Waals surface area contributed by atoms with E-state index in [1.54, 1.807) is 31.2 Å². The lowest BCUT2D eigenvalue weighted by molar-refractivity contribution is -0.432. The number of aromatic hydroxyl groups is 2. The second-order valence-corrected chi connectivity index (χ2v) is 21.8. The Bertz CT molecular complexity index is 4070. The Labute approximate surface area is 427 Å². The Kier molecular flexibility index (Phi) is 15.5. The van der Waals surface area contributed by atoms with Gasteiger partial charge in [0.05, 0.1) is 62.8 Å². The lowest BCUT2D eigenvalue weighted by Gasteiger charge is -2.13. The first kappa shape index (κ1) is 53.4. The van der Waals surface area contributed by atoms with Gasteiger partial charge in [-0.15, -0.1) is 39.4 Å². The highest BCUT2D eigenvalue weighted by Gasteiger charge is 2.27. The van der Waals surface area contributed by atoms with Crippen LogP contribution in [0, 0.1) is 25.2 Å². The van der Waals surface area contributed by atoms with Crippen LogP contribution < -0.4 is 4.74 Å². The average Bonchev–Trinajstić information content (AvgIpc) is 3.94. The number of aromatic nitrogens is 3. The van der Waals surface area contributed by atoms with Crippen LogP contribution >= 0.6 is 35.4 Å². The molecule has 0 spiro atoms. The second-order valence-electron chi connectivity index (χ2n) is 15.0. The van der Waals surface area contributed by atoms with Crippen LogP contribution in [-0.4, -0.2) is 86.4 Å². The molecule has 384 valence electrons. The summed E-state index contributed by atoms with van der Waals surface area (Å²) in [7, 11) is -14.5. The minimum Gasteiger partial charge on any atom is -0.505 e. The smallest absolute Gasteiger partial charge is 0.297 e. The molecule has 0 saturated carbocycles. The van der Waals surface area contributed by atoms with E-state index in [0.29, 0.717) is 28.6 Å². The molecule has 74 heavy (non-hydrogen) atoms. The number of phenolic OH excluding ortho intramolecular Hbond substituents is 1. The molecular formula is C40H30N10O18S6. The molecule has 0 bridgehead atoms. The molecule has 8 rings (SSSR count). The molecular weight excluding hydrogens is 1100 g/mol. The van der Waals surface area contributed by atoms with Crippen LogP contribution in [0.2, 0.25) is 0 Å². The number of benzene rings is 5. The fourth-order valence-electron chi connectivity index (χ4n) is 7.16. The van der Waals surface area contributed by atoms with Gasteiger partial charge in [0.15, 0.2) is 17.1 Å². The molecule has 3 heterocycles. The van der Waals surface area contributed by atoms with Gasteiger partial charge >= 0.3 is 0 Å². The van der Waals surface area contributed by atoms with Crippen molar-refractivity contribution < 1.29 is 83.1 Å². The van der Waals surface area contributed by atoms with Gasteiger partial charge < -0.3 is 14.9 Å². The molecule has 0 unspecified atom stereocenters. The predicted molar refractivity (Wildman–Crippen MR) is 260 cm³/mol. The fraction of sp³-hybridized carbons (Fsp3) is 0.125. The average molecular weight is 1130 g/mol. The van der Waals surface area contributed by atoms with E-state index in [2.05, 4.69) is 59.4 Å². The summed E-state index contributed by atoms with van der Waals surface area (Å²) in [5, 5.41) is 82.2. The summed E-state index contributed by atoms with van der Waals surface area (Å²) >= 11 is 1.46. The fourth-order valence-corrected chi connectivity index (χ4v) is 11.1. The van der Waals surface area contributed by atoms with Crippen molar-refractivity contribution in [3.8, 4) is 23.4 Å². The number of thiazole rings is 1. The van der Waals surface area contributed by atoms with Crippen LogP contribution in [-0.2, 0) is 49.1 Å². The normalized spacial score (nSPS) is 12.7. The lowest BCUT2D eigenvalue weighted by Crippen LogP contribution is -2.08. The van der Waals surface area contributed by atoms with Gasteiger partial charge in [-0.3, -0.25) is 18.1 Å². The largest absolute Gasteiger partial charge is 0.505 e. The molecule has 7 N–H and O–H groups in total. The number of hydrogen-bond acceptors (Lipinski definition) is 27. The number of imidazole rings is 1. The maximum absolute atomic E-state index is 13.2. The molecule has 0 amide bonds. The van der Waals surface area contributed by atoms with E-state index in [9.17, 15) is 54.4 Å².